The number of piperidine rings is 1. The third-order valence-electron chi connectivity index (χ3n) is 3.81. The largest absolute Gasteiger partial charge is 0.392 e. The van der Waals surface area contributed by atoms with Crippen molar-refractivity contribution in [2.24, 2.45) is 5.73 Å². The summed E-state index contributed by atoms with van der Waals surface area (Å²) in [6.07, 6.45) is 6.13. The molecule has 2 N–H and O–H groups in total. The summed E-state index contributed by atoms with van der Waals surface area (Å²) in [4.78, 5) is 23.3. The number of benzene rings is 1. The van der Waals surface area contributed by atoms with Crippen molar-refractivity contribution in [3.8, 4) is 0 Å². The molecule has 2 heterocycles. The first-order chi connectivity index (χ1) is 10.2. The predicted octanol–water partition coefficient (Wildman–Crippen LogP) is 1.91. The Balaban J connectivity index is 1.93. The number of thiocarbonyl (C=S) groups is 1. The number of rotatable bonds is 2. The first-order valence-corrected chi connectivity index (χ1v) is 7.39. The Hall–Kier alpha value is -2.08. The number of likely N-dealkylation sites (tertiary alicyclic amines) is 1. The maximum Gasteiger partial charge on any atom is 0.254 e. The fraction of sp³-hybridized carbons (Fsp3) is 0.333. The summed E-state index contributed by atoms with van der Waals surface area (Å²) < 4.78 is 0. The molecule has 1 atom stereocenters. The van der Waals surface area contributed by atoms with E-state index in [1.54, 1.807) is 29.4 Å². The Bertz CT molecular complexity index is 703. The Morgan fingerprint density at radius 3 is 2.76 bits per heavy atom. The van der Waals surface area contributed by atoms with Crippen LogP contribution in [-0.2, 0) is 0 Å². The van der Waals surface area contributed by atoms with Crippen LogP contribution in [0.15, 0.2) is 30.6 Å². The average molecular weight is 300 g/mol. The van der Waals surface area contributed by atoms with E-state index in [-0.39, 0.29) is 11.9 Å². The highest BCUT2D eigenvalue weighted by Crippen LogP contribution is 2.21. The molecule has 0 saturated carbocycles. The van der Waals surface area contributed by atoms with Gasteiger partial charge in [-0.1, -0.05) is 12.2 Å². The molecule has 1 aliphatic heterocycles. The van der Waals surface area contributed by atoms with E-state index in [0.717, 1.165) is 24.8 Å². The Labute approximate surface area is 128 Å². The second kappa shape index (κ2) is 5.73. The van der Waals surface area contributed by atoms with E-state index in [4.69, 9.17) is 18.0 Å². The molecule has 21 heavy (non-hydrogen) atoms. The maximum atomic E-state index is 12.7. The normalized spacial score (nSPS) is 18.7. The first kappa shape index (κ1) is 13.9. The van der Waals surface area contributed by atoms with Crippen molar-refractivity contribution in [2.45, 2.75) is 25.3 Å². The Morgan fingerprint density at radius 2 is 2.00 bits per heavy atom. The van der Waals surface area contributed by atoms with Crippen molar-refractivity contribution in [1.82, 2.24) is 14.9 Å². The minimum atomic E-state index is -0.140. The van der Waals surface area contributed by atoms with Gasteiger partial charge in [0.15, 0.2) is 0 Å². The number of carbonyl (C=O) groups is 1. The van der Waals surface area contributed by atoms with E-state index in [1.807, 2.05) is 6.07 Å². The van der Waals surface area contributed by atoms with Crippen LogP contribution in [0.4, 0.5) is 0 Å². The highest BCUT2D eigenvalue weighted by Gasteiger charge is 2.29. The average Bonchev–Trinajstić information content (AvgIpc) is 2.53. The third kappa shape index (κ3) is 2.71. The molecule has 1 aliphatic rings. The van der Waals surface area contributed by atoms with Crippen molar-refractivity contribution in [3.63, 3.8) is 0 Å². The fourth-order valence-electron chi connectivity index (χ4n) is 2.73. The lowest BCUT2D eigenvalue weighted by Crippen LogP contribution is -2.49. The van der Waals surface area contributed by atoms with Gasteiger partial charge in [0, 0.05) is 24.5 Å². The number of amides is 1. The summed E-state index contributed by atoms with van der Waals surface area (Å²) >= 11 is 5.10. The van der Waals surface area contributed by atoms with Crippen LogP contribution >= 0.6 is 12.2 Å². The smallest absolute Gasteiger partial charge is 0.254 e. The molecule has 0 spiro atoms. The molecule has 1 saturated heterocycles. The molecule has 0 bridgehead atoms. The van der Waals surface area contributed by atoms with Gasteiger partial charge in [-0.25, -0.2) is 0 Å². The van der Waals surface area contributed by atoms with Gasteiger partial charge in [-0.15, -0.1) is 0 Å². The van der Waals surface area contributed by atoms with E-state index < -0.39 is 0 Å². The molecule has 108 valence electrons. The fourth-order valence-corrected chi connectivity index (χ4v) is 2.98. The highest BCUT2D eigenvalue weighted by molar-refractivity contribution is 7.80. The van der Waals surface area contributed by atoms with Crippen LogP contribution in [0.25, 0.3) is 11.0 Å². The quantitative estimate of drug-likeness (QED) is 0.858. The zero-order valence-electron chi connectivity index (χ0n) is 11.5. The lowest BCUT2D eigenvalue weighted by Gasteiger charge is -2.35. The summed E-state index contributed by atoms with van der Waals surface area (Å²) in [5.41, 5.74) is 7.87. The summed E-state index contributed by atoms with van der Waals surface area (Å²) in [6.45, 7) is 0.694. The molecule has 1 fully saturated rings. The van der Waals surface area contributed by atoms with Gasteiger partial charge < -0.3 is 10.6 Å². The van der Waals surface area contributed by atoms with Gasteiger partial charge in [0.25, 0.3) is 5.91 Å². The highest BCUT2D eigenvalue weighted by atomic mass is 32.1. The van der Waals surface area contributed by atoms with Crippen LogP contribution in [0.5, 0.6) is 0 Å². The van der Waals surface area contributed by atoms with Crippen LogP contribution in [0.2, 0.25) is 0 Å². The standard InChI is InChI=1S/C15H16N4OS/c16-14(21)13-3-1-2-8-19(13)15(20)10-4-5-11-12(9-10)18-7-6-17-11/h4-7,9,13H,1-3,8H2,(H2,16,21). The Morgan fingerprint density at radius 1 is 1.24 bits per heavy atom. The molecule has 1 amide bonds. The summed E-state index contributed by atoms with van der Waals surface area (Å²) in [5.74, 6) is -0.0416. The van der Waals surface area contributed by atoms with Gasteiger partial charge in [0.05, 0.1) is 22.1 Å². The van der Waals surface area contributed by atoms with Crippen LogP contribution in [-0.4, -0.2) is 38.4 Å². The van der Waals surface area contributed by atoms with Crippen molar-refractivity contribution >= 4 is 34.1 Å². The second-order valence-electron chi connectivity index (χ2n) is 5.17. The number of hydrogen-bond donors (Lipinski definition) is 1. The van der Waals surface area contributed by atoms with Gasteiger partial charge in [-0.05, 0) is 37.5 Å². The van der Waals surface area contributed by atoms with E-state index in [9.17, 15) is 4.79 Å². The molecular weight excluding hydrogens is 284 g/mol. The van der Waals surface area contributed by atoms with E-state index in [0.29, 0.717) is 22.6 Å². The lowest BCUT2D eigenvalue weighted by atomic mass is 10.0. The molecule has 1 aromatic heterocycles. The minimum Gasteiger partial charge on any atom is -0.392 e. The maximum absolute atomic E-state index is 12.7. The van der Waals surface area contributed by atoms with Crippen LogP contribution in [0, 0.1) is 0 Å². The first-order valence-electron chi connectivity index (χ1n) is 6.98. The van der Waals surface area contributed by atoms with Gasteiger partial charge in [0.1, 0.15) is 0 Å². The van der Waals surface area contributed by atoms with E-state index in [2.05, 4.69) is 9.97 Å². The summed E-state index contributed by atoms with van der Waals surface area (Å²) in [7, 11) is 0. The molecule has 0 aliphatic carbocycles. The Kier molecular flexibility index (Phi) is 3.79. The minimum absolute atomic E-state index is 0.0416. The van der Waals surface area contributed by atoms with Crippen molar-refractivity contribution in [2.75, 3.05) is 6.54 Å². The van der Waals surface area contributed by atoms with Crippen LogP contribution in [0.3, 0.4) is 0 Å². The topological polar surface area (TPSA) is 72.1 Å². The van der Waals surface area contributed by atoms with E-state index >= 15 is 0 Å². The number of hydrogen-bond acceptors (Lipinski definition) is 4. The molecule has 2 aromatic rings. The molecule has 1 unspecified atom stereocenters. The second-order valence-corrected chi connectivity index (χ2v) is 5.64. The van der Waals surface area contributed by atoms with Gasteiger partial charge in [-0.2, -0.15) is 0 Å². The monoisotopic (exact) mass is 300 g/mol. The predicted molar refractivity (Wildman–Crippen MR) is 85.0 cm³/mol. The molecular formula is C15H16N4OS. The lowest BCUT2D eigenvalue weighted by molar-refractivity contribution is 0.0681. The summed E-state index contributed by atoms with van der Waals surface area (Å²) in [6, 6.07) is 5.23. The molecule has 5 nitrogen and oxygen atoms in total. The number of aromatic nitrogens is 2. The van der Waals surface area contributed by atoms with Crippen molar-refractivity contribution < 1.29 is 4.79 Å². The van der Waals surface area contributed by atoms with Crippen LogP contribution in [0.1, 0.15) is 29.6 Å². The van der Waals surface area contributed by atoms with Crippen molar-refractivity contribution in [1.29, 1.82) is 0 Å². The van der Waals surface area contributed by atoms with Crippen molar-refractivity contribution in [3.05, 3.63) is 36.2 Å². The molecule has 6 heteroatoms. The molecule has 1 aromatic carbocycles. The number of carbonyl (C=O) groups excluding carboxylic acids is 1. The molecule has 3 rings (SSSR count). The zero-order chi connectivity index (χ0) is 14.8. The number of nitrogens with zero attached hydrogens (tertiary/aromatic N) is 3. The SMILES string of the molecule is NC(=S)C1CCCCN1C(=O)c1ccc2nccnc2c1. The van der Waals surface area contributed by atoms with Gasteiger partial charge >= 0.3 is 0 Å². The van der Waals surface area contributed by atoms with Crippen LogP contribution < -0.4 is 5.73 Å². The van der Waals surface area contributed by atoms with Gasteiger partial charge in [0.2, 0.25) is 0 Å². The third-order valence-corrected chi connectivity index (χ3v) is 4.08. The molecule has 0 radical (unpaired) electrons. The zero-order valence-corrected chi connectivity index (χ0v) is 12.3. The van der Waals surface area contributed by atoms with E-state index in [1.165, 1.54) is 0 Å². The number of fused-ring (bicyclic) bond motifs is 1. The number of nitrogens with two attached hydrogens (primary N) is 1. The van der Waals surface area contributed by atoms with Gasteiger partial charge in [-0.3, -0.25) is 14.8 Å². The summed E-state index contributed by atoms with van der Waals surface area (Å²) in [5, 5.41) is 0.